The van der Waals surface area contributed by atoms with Crippen LogP contribution in [-0.4, -0.2) is 25.6 Å². The van der Waals surface area contributed by atoms with Crippen LogP contribution in [0.1, 0.15) is 0 Å². The van der Waals surface area contributed by atoms with Crippen molar-refractivity contribution in [2.75, 3.05) is 13.7 Å². The number of rotatable bonds is 4. The maximum atomic E-state index is 10.2. The van der Waals surface area contributed by atoms with Crippen LogP contribution >= 0.6 is 0 Å². The second-order valence-corrected chi connectivity index (χ2v) is 1.56. The quantitative estimate of drug-likeness (QED) is 0.385. The van der Waals surface area contributed by atoms with Gasteiger partial charge < -0.3 is 16.3 Å². The molecule has 1 atom stereocenters. The molecule has 0 aliphatic heterocycles. The van der Waals surface area contributed by atoms with Crippen molar-refractivity contribution in [3.63, 3.8) is 0 Å². The standard InChI is InChI=1S/C4H11N3O2/c1-9-7-2-3(5)4(6)8/h3,7H,2,5H2,1H3,(H2,6,8). The predicted molar refractivity (Wildman–Crippen MR) is 32.2 cm³/mol. The van der Waals surface area contributed by atoms with E-state index in [0.717, 1.165) is 0 Å². The van der Waals surface area contributed by atoms with E-state index < -0.39 is 11.9 Å². The molecule has 5 N–H and O–H groups in total. The first-order chi connectivity index (χ1) is 4.18. The minimum Gasteiger partial charge on any atom is -0.368 e. The third-order valence-electron chi connectivity index (χ3n) is 0.813. The number of nitrogens with one attached hydrogen (secondary N) is 1. The van der Waals surface area contributed by atoms with Gasteiger partial charge in [-0.3, -0.25) is 4.79 Å². The molecular weight excluding hydrogens is 122 g/mol. The van der Waals surface area contributed by atoms with Crippen LogP contribution in [0.4, 0.5) is 0 Å². The maximum Gasteiger partial charge on any atom is 0.235 e. The molecule has 0 aromatic carbocycles. The Morgan fingerprint density at radius 3 is 2.78 bits per heavy atom. The molecule has 0 spiro atoms. The van der Waals surface area contributed by atoms with E-state index >= 15 is 0 Å². The summed E-state index contributed by atoms with van der Waals surface area (Å²) in [4.78, 5) is 14.6. The van der Waals surface area contributed by atoms with Crippen molar-refractivity contribution >= 4 is 5.91 Å². The van der Waals surface area contributed by atoms with Crippen LogP contribution in [0.15, 0.2) is 0 Å². The summed E-state index contributed by atoms with van der Waals surface area (Å²) >= 11 is 0. The van der Waals surface area contributed by atoms with E-state index in [2.05, 4.69) is 10.3 Å². The Bertz CT molecular complexity index is 95.8. The van der Waals surface area contributed by atoms with Gasteiger partial charge >= 0.3 is 0 Å². The van der Waals surface area contributed by atoms with Crippen molar-refractivity contribution in [2.45, 2.75) is 6.04 Å². The minimum atomic E-state index is -0.676. The molecule has 9 heavy (non-hydrogen) atoms. The zero-order valence-electron chi connectivity index (χ0n) is 5.26. The number of hydroxylamine groups is 1. The average molecular weight is 133 g/mol. The van der Waals surface area contributed by atoms with Crippen molar-refractivity contribution in [3.05, 3.63) is 0 Å². The Kier molecular flexibility index (Phi) is 3.94. The Morgan fingerprint density at radius 1 is 1.89 bits per heavy atom. The number of carbonyl (C=O) groups excluding carboxylic acids is 1. The smallest absolute Gasteiger partial charge is 0.235 e. The van der Waals surface area contributed by atoms with Crippen LogP contribution in [0.5, 0.6) is 0 Å². The Morgan fingerprint density at radius 2 is 2.44 bits per heavy atom. The second kappa shape index (κ2) is 4.25. The molecule has 0 bridgehead atoms. The highest BCUT2D eigenvalue weighted by molar-refractivity contribution is 5.79. The third-order valence-corrected chi connectivity index (χ3v) is 0.813. The van der Waals surface area contributed by atoms with Crippen molar-refractivity contribution in [1.29, 1.82) is 0 Å². The van der Waals surface area contributed by atoms with E-state index in [4.69, 9.17) is 11.5 Å². The van der Waals surface area contributed by atoms with E-state index in [1.54, 1.807) is 0 Å². The Labute approximate surface area is 53.3 Å². The highest BCUT2D eigenvalue weighted by atomic mass is 16.6. The molecule has 0 aromatic heterocycles. The zero-order chi connectivity index (χ0) is 7.28. The molecule has 0 rings (SSSR count). The zero-order valence-corrected chi connectivity index (χ0v) is 5.26. The topological polar surface area (TPSA) is 90.4 Å². The maximum absolute atomic E-state index is 10.2. The first-order valence-electron chi connectivity index (χ1n) is 2.49. The monoisotopic (exact) mass is 133 g/mol. The van der Waals surface area contributed by atoms with Gasteiger partial charge in [0, 0.05) is 6.54 Å². The molecule has 0 radical (unpaired) electrons. The van der Waals surface area contributed by atoms with Crippen LogP contribution in [-0.2, 0) is 9.63 Å². The van der Waals surface area contributed by atoms with E-state index in [1.807, 2.05) is 0 Å². The largest absolute Gasteiger partial charge is 0.368 e. The van der Waals surface area contributed by atoms with Gasteiger partial charge in [0.25, 0.3) is 0 Å². The first-order valence-corrected chi connectivity index (χ1v) is 2.49. The number of hydrogen-bond acceptors (Lipinski definition) is 4. The SMILES string of the molecule is CONCC(N)C(N)=O. The molecule has 1 amide bonds. The Hall–Kier alpha value is -0.650. The summed E-state index contributed by atoms with van der Waals surface area (Å²) in [7, 11) is 1.44. The lowest BCUT2D eigenvalue weighted by molar-refractivity contribution is -0.119. The number of nitrogens with two attached hydrogens (primary N) is 2. The molecule has 0 saturated heterocycles. The predicted octanol–water partition coefficient (Wildman–Crippen LogP) is -2.05. The van der Waals surface area contributed by atoms with Crippen LogP contribution in [0.25, 0.3) is 0 Å². The van der Waals surface area contributed by atoms with Crippen molar-refractivity contribution in [3.8, 4) is 0 Å². The number of carbonyl (C=O) groups is 1. The third kappa shape index (κ3) is 3.89. The molecule has 0 heterocycles. The lowest BCUT2D eigenvalue weighted by atomic mass is 10.3. The summed E-state index contributed by atoms with van der Waals surface area (Å²) < 4.78 is 0. The molecule has 5 nitrogen and oxygen atoms in total. The molecule has 0 fully saturated rings. The summed E-state index contributed by atoms with van der Waals surface area (Å²) in [5.41, 5.74) is 12.4. The highest BCUT2D eigenvalue weighted by Gasteiger charge is 2.06. The lowest BCUT2D eigenvalue weighted by Gasteiger charge is -2.05. The van der Waals surface area contributed by atoms with Gasteiger partial charge in [0.15, 0.2) is 0 Å². The van der Waals surface area contributed by atoms with Gasteiger partial charge in [-0.1, -0.05) is 0 Å². The lowest BCUT2D eigenvalue weighted by Crippen LogP contribution is -2.43. The summed E-state index contributed by atoms with van der Waals surface area (Å²) in [5.74, 6) is -0.542. The van der Waals surface area contributed by atoms with E-state index in [9.17, 15) is 4.79 Å². The van der Waals surface area contributed by atoms with Crippen LogP contribution in [0.2, 0.25) is 0 Å². The molecule has 5 heteroatoms. The van der Waals surface area contributed by atoms with Crippen LogP contribution in [0.3, 0.4) is 0 Å². The summed E-state index contributed by atoms with van der Waals surface area (Å²) in [6.07, 6.45) is 0. The normalized spacial score (nSPS) is 13.1. The average Bonchev–Trinajstić information content (AvgIpc) is 1.82. The fourth-order valence-electron chi connectivity index (χ4n) is 0.274. The van der Waals surface area contributed by atoms with Crippen LogP contribution in [0, 0.1) is 0 Å². The van der Waals surface area contributed by atoms with Crippen molar-refractivity contribution in [1.82, 2.24) is 5.48 Å². The van der Waals surface area contributed by atoms with Crippen molar-refractivity contribution < 1.29 is 9.63 Å². The number of primary amides is 1. The summed E-state index contributed by atoms with van der Waals surface area (Å²) in [5, 5.41) is 0. The molecule has 54 valence electrons. The molecule has 0 aliphatic rings. The van der Waals surface area contributed by atoms with Gasteiger partial charge in [-0.25, -0.2) is 5.48 Å². The first kappa shape index (κ1) is 8.35. The van der Waals surface area contributed by atoms with Gasteiger partial charge in [-0.05, 0) is 0 Å². The van der Waals surface area contributed by atoms with Gasteiger partial charge in [-0.2, -0.15) is 0 Å². The van der Waals surface area contributed by atoms with Gasteiger partial charge in [0.2, 0.25) is 5.91 Å². The van der Waals surface area contributed by atoms with E-state index in [-0.39, 0.29) is 6.54 Å². The second-order valence-electron chi connectivity index (χ2n) is 1.56. The number of hydrogen-bond donors (Lipinski definition) is 3. The van der Waals surface area contributed by atoms with E-state index in [1.165, 1.54) is 7.11 Å². The molecular formula is C4H11N3O2. The summed E-state index contributed by atoms with van der Waals surface area (Å²) in [6.45, 7) is 0.242. The van der Waals surface area contributed by atoms with Crippen molar-refractivity contribution in [2.24, 2.45) is 11.5 Å². The Balaban J connectivity index is 3.27. The molecule has 0 aliphatic carbocycles. The summed E-state index contributed by atoms with van der Waals surface area (Å²) in [6, 6.07) is -0.676. The fourth-order valence-corrected chi connectivity index (χ4v) is 0.274. The molecule has 0 aromatic rings. The fraction of sp³-hybridized carbons (Fsp3) is 0.750. The molecule has 0 saturated carbocycles. The number of amides is 1. The molecule has 1 unspecified atom stereocenters. The van der Waals surface area contributed by atoms with E-state index in [0.29, 0.717) is 0 Å². The van der Waals surface area contributed by atoms with Crippen LogP contribution < -0.4 is 16.9 Å². The van der Waals surface area contributed by atoms with Gasteiger partial charge in [0.05, 0.1) is 13.2 Å². The van der Waals surface area contributed by atoms with Gasteiger partial charge in [0.1, 0.15) is 0 Å². The van der Waals surface area contributed by atoms with Gasteiger partial charge in [-0.15, -0.1) is 0 Å². The highest BCUT2D eigenvalue weighted by Crippen LogP contribution is 1.70. The minimum absolute atomic E-state index is 0.242.